The number of aryl methyl sites for hydroxylation is 1. The molecule has 0 fully saturated rings. The Morgan fingerprint density at radius 1 is 1.38 bits per heavy atom. The van der Waals surface area contributed by atoms with Gasteiger partial charge in [-0.2, -0.15) is 0 Å². The Hall–Kier alpha value is -2.08. The lowest BCUT2D eigenvalue weighted by atomic mass is 10.1. The van der Waals surface area contributed by atoms with Crippen LogP contribution in [0.4, 0.5) is 5.82 Å². The molecule has 0 atom stereocenters. The molecule has 108 valence electrons. The van der Waals surface area contributed by atoms with Crippen molar-refractivity contribution in [2.24, 2.45) is 0 Å². The molecule has 1 aromatic carbocycles. The molecule has 2 heterocycles. The number of thioether (sulfide) groups is 1. The Morgan fingerprint density at radius 2 is 2.24 bits per heavy atom. The molecule has 6 heteroatoms. The summed E-state index contributed by atoms with van der Waals surface area (Å²) < 4.78 is 5.44. The summed E-state index contributed by atoms with van der Waals surface area (Å²) in [6.07, 6.45) is 0.862. The van der Waals surface area contributed by atoms with E-state index in [0.717, 1.165) is 23.4 Å². The van der Waals surface area contributed by atoms with Crippen LogP contribution in [0.1, 0.15) is 21.6 Å². The van der Waals surface area contributed by atoms with Crippen molar-refractivity contribution < 1.29 is 9.53 Å². The highest BCUT2D eigenvalue weighted by molar-refractivity contribution is 7.99. The SMILES string of the molecule is Cc1cc(N)nc(SCC(=O)c2ccc3c(c2)CCO3)n1. The van der Waals surface area contributed by atoms with Crippen LogP contribution in [-0.2, 0) is 6.42 Å². The van der Waals surface area contributed by atoms with Gasteiger partial charge in [-0.15, -0.1) is 0 Å². The van der Waals surface area contributed by atoms with Gasteiger partial charge in [0.05, 0.1) is 12.4 Å². The number of anilines is 1. The quantitative estimate of drug-likeness (QED) is 0.530. The molecule has 1 aromatic heterocycles. The number of ketones is 1. The third-order valence-electron chi connectivity index (χ3n) is 3.20. The fourth-order valence-corrected chi connectivity index (χ4v) is 3.01. The van der Waals surface area contributed by atoms with Crippen LogP contribution >= 0.6 is 11.8 Å². The zero-order valence-corrected chi connectivity index (χ0v) is 12.4. The van der Waals surface area contributed by atoms with E-state index in [1.807, 2.05) is 19.1 Å². The molecule has 1 aliphatic rings. The molecule has 0 radical (unpaired) electrons. The molecule has 0 unspecified atom stereocenters. The number of carbonyl (C=O) groups is 1. The molecular formula is C15H15N3O2S. The minimum atomic E-state index is 0.0541. The topological polar surface area (TPSA) is 78.1 Å². The van der Waals surface area contributed by atoms with Gasteiger partial charge in [-0.1, -0.05) is 11.8 Å². The Labute approximate surface area is 126 Å². The number of nitrogen functional groups attached to an aromatic ring is 1. The number of carbonyl (C=O) groups excluding carboxylic acids is 1. The largest absolute Gasteiger partial charge is 0.493 e. The third-order valence-corrected chi connectivity index (χ3v) is 4.04. The van der Waals surface area contributed by atoms with E-state index >= 15 is 0 Å². The Balaban J connectivity index is 1.69. The molecule has 0 amide bonds. The van der Waals surface area contributed by atoms with Gasteiger partial charge in [0.25, 0.3) is 0 Å². The van der Waals surface area contributed by atoms with E-state index in [1.165, 1.54) is 11.8 Å². The lowest BCUT2D eigenvalue weighted by molar-refractivity contribution is 0.102. The van der Waals surface area contributed by atoms with E-state index in [9.17, 15) is 4.79 Å². The van der Waals surface area contributed by atoms with E-state index in [0.29, 0.717) is 28.9 Å². The Morgan fingerprint density at radius 3 is 3.05 bits per heavy atom. The average Bonchev–Trinajstić information content (AvgIpc) is 2.91. The summed E-state index contributed by atoms with van der Waals surface area (Å²) in [7, 11) is 0. The minimum Gasteiger partial charge on any atom is -0.493 e. The van der Waals surface area contributed by atoms with E-state index in [2.05, 4.69) is 9.97 Å². The van der Waals surface area contributed by atoms with Crippen molar-refractivity contribution in [2.75, 3.05) is 18.1 Å². The lowest BCUT2D eigenvalue weighted by Crippen LogP contribution is -2.04. The van der Waals surface area contributed by atoms with Crippen molar-refractivity contribution >= 4 is 23.4 Å². The van der Waals surface area contributed by atoms with Crippen molar-refractivity contribution in [3.8, 4) is 5.75 Å². The summed E-state index contributed by atoms with van der Waals surface area (Å²) in [5, 5.41) is 0.533. The number of hydrogen-bond acceptors (Lipinski definition) is 6. The second kappa shape index (κ2) is 5.73. The van der Waals surface area contributed by atoms with E-state index in [-0.39, 0.29) is 5.78 Å². The zero-order chi connectivity index (χ0) is 14.8. The number of fused-ring (bicyclic) bond motifs is 1. The molecule has 1 aliphatic heterocycles. The number of hydrogen-bond donors (Lipinski definition) is 1. The number of nitrogens with zero attached hydrogens (tertiary/aromatic N) is 2. The predicted molar refractivity (Wildman–Crippen MR) is 81.9 cm³/mol. The summed E-state index contributed by atoms with van der Waals surface area (Å²) in [5.41, 5.74) is 8.27. The van der Waals surface area contributed by atoms with Crippen LogP contribution in [0.5, 0.6) is 5.75 Å². The first kappa shape index (κ1) is 13.9. The molecule has 21 heavy (non-hydrogen) atoms. The van der Waals surface area contributed by atoms with Crippen molar-refractivity contribution in [3.05, 3.63) is 41.1 Å². The van der Waals surface area contributed by atoms with Crippen molar-refractivity contribution in [1.29, 1.82) is 0 Å². The zero-order valence-electron chi connectivity index (χ0n) is 11.6. The first-order chi connectivity index (χ1) is 10.1. The van der Waals surface area contributed by atoms with Crippen LogP contribution < -0.4 is 10.5 Å². The van der Waals surface area contributed by atoms with Crippen LogP contribution in [0.3, 0.4) is 0 Å². The fourth-order valence-electron chi connectivity index (χ4n) is 2.20. The fraction of sp³-hybridized carbons (Fsp3) is 0.267. The summed E-state index contributed by atoms with van der Waals surface area (Å²) in [5.74, 6) is 1.65. The Bertz CT molecular complexity index is 683. The summed E-state index contributed by atoms with van der Waals surface area (Å²) in [4.78, 5) is 20.6. The maximum absolute atomic E-state index is 12.2. The van der Waals surface area contributed by atoms with Crippen LogP contribution in [0.25, 0.3) is 0 Å². The lowest BCUT2D eigenvalue weighted by Gasteiger charge is -2.04. The van der Waals surface area contributed by atoms with Crippen LogP contribution in [0, 0.1) is 6.92 Å². The highest BCUT2D eigenvalue weighted by Gasteiger charge is 2.15. The van der Waals surface area contributed by atoms with Crippen LogP contribution in [0.2, 0.25) is 0 Å². The normalized spacial score (nSPS) is 12.8. The highest BCUT2D eigenvalue weighted by atomic mass is 32.2. The number of benzene rings is 1. The van der Waals surface area contributed by atoms with Gasteiger partial charge in [0.1, 0.15) is 11.6 Å². The second-order valence-corrected chi connectivity index (χ2v) is 5.79. The predicted octanol–water partition coefficient (Wildman–Crippen LogP) is 2.28. The average molecular weight is 301 g/mol. The molecule has 0 saturated heterocycles. The first-order valence-corrected chi connectivity index (χ1v) is 7.63. The number of nitrogens with two attached hydrogens (primary N) is 1. The van der Waals surface area contributed by atoms with Gasteiger partial charge in [-0.25, -0.2) is 9.97 Å². The smallest absolute Gasteiger partial charge is 0.190 e. The standard InChI is InChI=1S/C15H15N3O2S/c1-9-6-14(16)18-15(17-9)21-8-12(19)10-2-3-13-11(7-10)4-5-20-13/h2-3,6-7H,4-5,8H2,1H3,(H2,16,17,18). The van der Waals surface area contributed by atoms with Gasteiger partial charge in [-0.05, 0) is 30.7 Å². The van der Waals surface area contributed by atoms with Gasteiger partial charge < -0.3 is 10.5 Å². The number of rotatable bonds is 4. The molecule has 5 nitrogen and oxygen atoms in total. The maximum atomic E-state index is 12.2. The highest BCUT2D eigenvalue weighted by Crippen LogP contribution is 2.26. The molecule has 2 N–H and O–H groups in total. The second-order valence-electron chi connectivity index (χ2n) is 4.85. The molecular weight excluding hydrogens is 286 g/mol. The maximum Gasteiger partial charge on any atom is 0.190 e. The van der Waals surface area contributed by atoms with E-state index in [1.54, 1.807) is 12.1 Å². The summed E-state index contributed by atoms with van der Waals surface area (Å²) in [6.45, 7) is 2.54. The molecule has 0 aliphatic carbocycles. The number of aromatic nitrogens is 2. The van der Waals surface area contributed by atoms with Gasteiger partial charge in [0, 0.05) is 23.7 Å². The van der Waals surface area contributed by atoms with Gasteiger partial charge in [0.2, 0.25) is 0 Å². The number of ether oxygens (including phenoxy) is 1. The molecule has 0 spiro atoms. The minimum absolute atomic E-state index is 0.0541. The Kier molecular flexibility index (Phi) is 3.79. The summed E-state index contributed by atoms with van der Waals surface area (Å²) in [6, 6.07) is 7.28. The van der Waals surface area contributed by atoms with Crippen molar-refractivity contribution in [1.82, 2.24) is 9.97 Å². The molecule has 3 rings (SSSR count). The third kappa shape index (κ3) is 3.16. The van der Waals surface area contributed by atoms with Crippen LogP contribution in [0.15, 0.2) is 29.4 Å². The molecule has 0 bridgehead atoms. The van der Waals surface area contributed by atoms with Crippen molar-refractivity contribution in [3.63, 3.8) is 0 Å². The number of Topliss-reactive ketones (excluding diaryl/α,β-unsaturated/α-hetero) is 1. The van der Waals surface area contributed by atoms with Gasteiger partial charge in [-0.3, -0.25) is 4.79 Å². The van der Waals surface area contributed by atoms with Gasteiger partial charge in [0.15, 0.2) is 10.9 Å². The van der Waals surface area contributed by atoms with Gasteiger partial charge >= 0.3 is 0 Å². The van der Waals surface area contributed by atoms with Crippen molar-refractivity contribution in [2.45, 2.75) is 18.5 Å². The van der Waals surface area contributed by atoms with E-state index in [4.69, 9.17) is 10.5 Å². The molecule has 2 aromatic rings. The van der Waals surface area contributed by atoms with E-state index < -0.39 is 0 Å². The van der Waals surface area contributed by atoms with Crippen LogP contribution in [-0.4, -0.2) is 28.1 Å². The first-order valence-electron chi connectivity index (χ1n) is 6.65. The molecule has 0 saturated carbocycles. The summed E-state index contributed by atoms with van der Waals surface area (Å²) >= 11 is 1.30. The monoisotopic (exact) mass is 301 g/mol.